The third kappa shape index (κ3) is 4.89. The summed E-state index contributed by atoms with van der Waals surface area (Å²) in [5.41, 5.74) is 0. The van der Waals surface area contributed by atoms with Crippen molar-refractivity contribution in [1.82, 2.24) is 0 Å². The SMILES string of the molecule is C=COC(=O)C(F)(OC(C)C)C(F)(F)C(F)(F)C(F)(F)CCCCCC. The van der Waals surface area contributed by atoms with Crippen molar-refractivity contribution in [3.63, 3.8) is 0 Å². The lowest BCUT2D eigenvalue weighted by atomic mass is 9.93. The standard InChI is InChI=1S/C16H23F7O3/c1-5-7-8-9-10-13(17,18)15(20,21)16(22,23)14(19,26-11(3)4)12(24)25-6-2/h6,11H,2,5,7-10H2,1,3-4H3. The minimum absolute atomic E-state index is 0.107. The molecule has 0 amide bonds. The molecule has 0 aromatic heterocycles. The Morgan fingerprint density at radius 3 is 1.96 bits per heavy atom. The molecule has 0 aliphatic heterocycles. The van der Waals surface area contributed by atoms with Crippen LogP contribution in [0.25, 0.3) is 0 Å². The van der Waals surface area contributed by atoms with Gasteiger partial charge >= 0.3 is 29.6 Å². The molecule has 0 aromatic carbocycles. The number of ether oxygens (including phenoxy) is 2. The average Bonchev–Trinajstić information content (AvgIpc) is 2.50. The zero-order valence-electron chi connectivity index (χ0n) is 14.8. The molecule has 0 radical (unpaired) electrons. The van der Waals surface area contributed by atoms with Crippen LogP contribution in [-0.4, -0.2) is 35.7 Å². The van der Waals surface area contributed by atoms with E-state index in [0.717, 1.165) is 13.8 Å². The van der Waals surface area contributed by atoms with Crippen molar-refractivity contribution in [2.75, 3.05) is 0 Å². The lowest BCUT2D eigenvalue weighted by Gasteiger charge is -2.39. The van der Waals surface area contributed by atoms with Gasteiger partial charge in [0.1, 0.15) is 0 Å². The summed E-state index contributed by atoms with van der Waals surface area (Å²) in [4.78, 5) is 11.5. The van der Waals surface area contributed by atoms with Crippen molar-refractivity contribution in [3.05, 3.63) is 12.8 Å². The normalized spacial score (nSPS) is 15.7. The predicted molar refractivity (Wildman–Crippen MR) is 79.9 cm³/mol. The summed E-state index contributed by atoms with van der Waals surface area (Å²) < 4.78 is 106. The number of halogens is 7. The van der Waals surface area contributed by atoms with Gasteiger partial charge in [0.15, 0.2) is 0 Å². The molecular weight excluding hydrogens is 373 g/mol. The van der Waals surface area contributed by atoms with E-state index in [-0.39, 0.29) is 12.7 Å². The van der Waals surface area contributed by atoms with Gasteiger partial charge in [-0.15, -0.1) is 0 Å². The summed E-state index contributed by atoms with van der Waals surface area (Å²) in [5, 5.41) is 0. The first kappa shape index (κ1) is 24.7. The van der Waals surface area contributed by atoms with E-state index < -0.39 is 48.5 Å². The molecule has 0 heterocycles. The average molecular weight is 396 g/mol. The molecule has 0 saturated heterocycles. The van der Waals surface area contributed by atoms with Crippen molar-refractivity contribution >= 4 is 5.97 Å². The number of carbonyl (C=O) groups excluding carboxylic acids is 1. The van der Waals surface area contributed by atoms with Crippen LogP contribution in [0.1, 0.15) is 52.9 Å². The molecule has 0 aliphatic rings. The smallest absolute Gasteiger partial charge is 0.385 e. The molecule has 1 atom stereocenters. The molecule has 0 rings (SSSR count). The fourth-order valence-electron chi connectivity index (χ4n) is 2.09. The van der Waals surface area contributed by atoms with Crippen LogP contribution in [-0.2, 0) is 14.3 Å². The van der Waals surface area contributed by atoms with Crippen LogP contribution >= 0.6 is 0 Å². The highest BCUT2D eigenvalue weighted by molar-refractivity contribution is 5.80. The summed E-state index contributed by atoms with van der Waals surface area (Å²) in [5.74, 6) is -25.4. The minimum Gasteiger partial charge on any atom is -0.431 e. The lowest BCUT2D eigenvalue weighted by molar-refractivity contribution is -0.386. The van der Waals surface area contributed by atoms with Crippen LogP contribution in [0, 0.1) is 0 Å². The van der Waals surface area contributed by atoms with Crippen molar-refractivity contribution < 1.29 is 45.0 Å². The molecule has 0 saturated carbocycles. The van der Waals surface area contributed by atoms with Gasteiger partial charge in [-0.05, 0) is 20.3 Å². The van der Waals surface area contributed by atoms with Gasteiger partial charge in [-0.2, -0.15) is 30.7 Å². The molecule has 0 fully saturated rings. The Hall–Kier alpha value is -1.32. The van der Waals surface area contributed by atoms with E-state index in [1.807, 2.05) is 0 Å². The largest absolute Gasteiger partial charge is 0.431 e. The van der Waals surface area contributed by atoms with Gasteiger partial charge in [0, 0.05) is 6.42 Å². The highest BCUT2D eigenvalue weighted by Crippen LogP contribution is 2.54. The summed E-state index contributed by atoms with van der Waals surface area (Å²) >= 11 is 0. The van der Waals surface area contributed by atoms with Gasteiger partial charge in [0.2, 0.25) is 0 Å². The molecule has 1 unspecified atom stereocenters. The van der Waals surface area contributed by atoms with Crippen molar-refractivity contribution in [3.8, 4) is 0 Å². The van der Waals surface area contributed by atoms with Crippen molar-refractivity contribution in [1.29, 1.82) is 0 Å². The van der Waals surface area contributed by atoms with E-state index in [1.54, 1.807) is 6.92 Å². The molecule has 0 aliphatic carbocycles. The third-order valence-corrected chi connectivity index (χ3v) is 3.45. The number of esters is 1. The molecule has 0 bridgehead atoms. The van der Waals surface area contributed by atoms with Gasteiger partial charge in [0.05, 0.1) is 12.4 Å². The summed E-state index contributed by atoms with van der Waals surface area (Å²) in [7, 11) is 0. The number of unbranched alkanes of at least 4 members (excludes halogenated alkanes) is 3. The topological polar surface area (TPSA) is 35.5 Å². The molecule has 154 valence electrons. The second kappa shape index (κ2) is 9.05. The monoisotopic (exact) mass is 396 g/mol. The van der Waals surface area contributed by atoms with E-state index in [0.29, 0.717) is 12.8 Å². The van der Waals surface area contributed by atoms with Gasteiger partial charge in [-0.25, -0.2) is 4.79 Å². The van der Waals surface area contributed by atoms with Crippen LogP contribution < -0.4 is 0 Å². The van der Waals surface area contributed by atoms with Crippen molar-refractivity contribution in [2.45, 2.75) is 82.6 Å². The van der Waals surface area contributed by atoms with Gasteiger partial charge in [-0.1, -0.05) is 32.8 Å². The lowest BCUT2D eigenvalue weighted by Crippen LogP contribution is -2.67. The predicted octanol–water partition coefficient (Wildman–Crippen LogP) is 5.64. The fraction of sp³-hybridized carbons (Fsp3) is 0.812. The zero-order valence-corrected chi connectivity index (χ0v) is 14.8. The summed E-state index contributed by atoms with van der Waals surface area (Å²) in [6.07, 6.45) is -2.27. The minimum atomic E-state index is -6.21. The van der Waals surface area contributed by atoms with Gasteiger partial charge in [-0.3, -0.25) is 0 Å². The van der Waals surface area contributed by atoms with Gasteiger partial charge in [0.25, 0.3) is 0 Å². The van der Waals surface area contributed by atoms with E-state index in [2.05, 4.69) is 16.1 Å². The van der Waals surface area contributed by atoms with E-state index in [1.165, 1.54) is 0 Å². The van der Waals surface area contributed by atoms with E-state index >= 15 is 0 Å². The Labute approximate surface area is 147 Å². The maximum absolute atomic E-state index is 14.6. The molecule has 26 heavy (non-hydrogen) atoms. The van der Waals surface area contributed by atoms with Crippen LogP contribution in [0.2, 0.25) is 0 Å². The maximum atomic E-state index is 14.6. The fourth-order valence-corrected chi connectivity index (χ4v) is 2.09. The number of hydrogen-bond donors (Lipinski definition) is 0. The Kier molecular flexibility index (Phi) is 8.59. The Morgan fingerprint density at radius 2 is 1.54 bits per heavy atom. The number of rotatable bonds is 12. The molecule has 10 heteroatoms. The van der Waals surface area contributed by atoms with E-state index in [9.17, 15) is 35.5 Å². The Balaban J connectivity index is 5.84. The molecule has 0 aromatic rings. The summed E-state index contributed by atoms with van der Waals surface area (Å²) in [6, 6.07) is 0. The Bertz CT molecular complexity index is 480. The second-order valence-electron chi connectivity index (χ2n) is 6.00. The van der Waals surface area contributed by atoms with Crippen LogP contribution in [0.4, 0.5) is 30.7 Å². The highest BCUT2D eigenvalue weighted by atomic mass is 19.3. The first-order chi connectivity index (χ1) is 11.7. The maximum Gasteiger partial charge on any atom is 0.385 e. The highest BCUT2D eigenvalue weighted by Gasteiger charge is 2.82. The molecule has 0 N–H and O–H groups in total. The molecule has 0 spiro atoms. The quantitative estimate of drug-likeness (QED) is 0.185. The Morgan fingerprint density at radius 1 is 1.00 bits per heavy atom. The van der Waals surface area contributed by atoms with Crippen molar-refractivity contribution in [2.24, 2.45) is 0 Å². The third-order valence-electron chi connectivity index (χ3n) is 3.45. The molecular formula is C16H23F7O3. The van der Waals surface area contributed by atoms with Crippen LogP contribution in [0.3, 0.4) is 0 Å². The first-order valence-corrected chi connectivity index (χ1v) is 8.03. The van der Waals surface area contributed by atoms with Gasteiger partial charge < -0.3 is 9.47 Å². The number of alkyl halides is 7. The summed E-state index contributed by atoms with van der Waals surface area (Å²) in [6.45, 7) is 6.43. The number of hydrogen-bond acceptors (Lipinski definition) is 3. The first-order valence-electron chi connectivity index (χ1n) is 8.03. The zero-order chi connectivity index (χ0) is 20.8. The van der Waals surface area contributed by atoms with E-state index in [4.69, 9.17) is 0 Å². The second-order valence-corrected chi connectivity index (χ2v) is 6.00. The molecule has 3 nitrogen and oxygen atoms in total. The number of carbonyl (C=O) groups is 1. The van der Waals surface area contributed by atoms with Crippen LogP contribution in [0.15, 0.2) is 12.8 Å². The van der Waals surface area contributed by atoms with Crippen LogP contribution in [0.5, 0.6) is 0 Å².